The van der Waals surface area contributed by atoms with Crippen LogP contribution in [0, 0.1) is 0 Å². The van der Waals surface area contributed by atoms with Crippen molar-refractivity contribution in [3.63, 3.8) is 0 Å². The predicted octanol–water partition coefficient (Wildman–Crippen LogP) is 5.96. The van der Waals surface area contributed by atoms with E-state index < -0.39 is 0 Å². The molecule has 21 heavy (non-hydrogen) atoms. The third-order valence-electron chi connectivity index (χ3n) is 3.48. The molecule has 0 aliphatic carbocycles. The Bertz CT molecular complexity index is 668. The second kappa shape index (κ2) is 6.97. The van der Waals surface area contributed by atoms with E-state index in [2.05, 4.69) is 24.9 Å². The van der Waals surface area contributed by atoms with Crippen molar-refractivity contribution in [1.29, 1.82) is 0 Å². The maximum absolute atomic E-state index is 9.94. The Morgan fingerprint density at radius 2 is 1.95 bits per heavy atom. The molecule has 0 spiro atoms. The van der Waals surface area contributed by atoms with Crippen LogP contribution in [0.4, 0.5) is 5.69 Å². The van der Waals surface area contributed by atoms with Gasteiger partial charge in [-0.05, 0) is 36.1 Å². The van der Waals surface area contributed by atoms with Gasteiger partial charge in [-0.15, -0.1) is 0 Å². The number of aromatic hydroxyl groups is 1. The summed E-state index contributed by atoms with van der Waals surface area (Å²) in [6.45, 7) is 4.32. The van der Waals surface area contributed by atoms with Crippen LogP contribution < -0.4 is 0 Å². The minimum atomic E-state index is -0.00848. The fourth-order valence-electron chi connectivity index (χ4n) is 2.07. The number of phenols is 1. The van der Waals surface area contributed by atoms with Gasteiger partial charge < -0.3 is 5.11 Å². The van der Waals surface area contributed by atoms with Crippen molar-refractivity contribution in [2.75, 3.05) is 0 Å². The number of nitrogens with zero attached hydrogens (tertiary/aromatic N) is 1. The Labute approximate surface area is 135 Å². The highest BCUT2D eigenvalue weighted by molar-refractivity contribution is 6.36. The minimum absolute atomic E-state index is 0.00848. The predicted molar refractivity (Wildman–Crippen MR) is 90.5 cm³/mol. The zero-order chi connectivity index (χ0) is 15.4. The molecule has 0 saturated carbocycles. The largest absolute Gasteiger partial charge is 0.506 e. The van der Waals surface area contributed by atoms with Gasteiger partial charge in [-0.25, -0.2) is 0 Å². The van der Waals surface area contributed by atoms with Crippen LogP contribution in [0.2, 0.25) is 10.0 Å². The molecule has 1 atom stereocenters. The van der Waals surface area contributed by atoms with Crippen molar-refractivity contribution in [1.82, 2.24) is 0 Å². The first-order valence-corrected chi connectivity index (χ1v) is 7.59. The van der Waals surface area contributed by atoms with E-state index >= 15 is 0 Å². The molecule has 0 aliphatic heterocycles. The van der Waals surface area contributed by atoms with E-state index in [0.29, 0.717) is 16.5 Å². The lowest BCUT2D eigenvalue weighted by Crippen LogP contribution is -1.92. The highest BCUT2D eigenvalue weighted by atomic mass is 35.5. The van der Waals surface area contributed by atoms with Gasteiger partial charge in [-0.1, -0.05) is 55.2 Å². The highest BCUT2D eigenvalue weighted by Gasteiger charge is 2.09. The molecule has 0 bridgehead atoms. The first-order valence-electron chi connectivity index (χ1n) is 6.84. The van der Waals surface area contributed by atoms with Gasteiger partial charge in [0.1, 0.15) is 5.75 Å². The molecule has 0 heterocycles. The number of phenolic OH excluding ortho intramolecular Hbond substituents is 1. The Kier molecular flexibility index (Phi) is 5.27. The lowest BCUT2D eigenvalue weighted by Gasteiger charge is -2.11. The Morgan fingerprint density at radius 1 is 1.24 bits per heavy atom. The van der Waals surface area contributed by atoms with Crippen molar-refractivity contribution in [3.05, 3.63) is 57.6 Å². The summed E-state index contributed by atoms with van der Waals surface area (Å²) in [7, 11) is 0. The average molecular weight is 322 g/mol. The third-order valence-corrected chi connectivity index (χ3v) is 3.99. The van der Waals surface area contributed by atoms with Gasteiger partial charge >= 0.3 is 0 Å². The second-order valence-electron chi connectivity index (χ2n) is 4.95. The molecule has 0 unspecified atom stereocenters. The molecular weight excluding hydrogens is 305 g/mol. The van der Waals surface area contributed by atoms with Gasteiger partial charge in [0, 0.05) is 16.8 Å². The molecule has 2 aromatic carbocycles. The van der Waals surface area contributed by atoms with E-state index in [1.54, 1.807) is 12.3 Å². The SMILES string of the molecule is CC[C@@H](C)c1ccccc1N=Cc1cc(Cl)cc(Cl)c1O. The maximum Gasteiger partial charge on any atom is 0.143 e. The number of hydrogen-bond donors (Lipinski definition) is 1. The van der Waals surface area contributed by atoms with Gasteiger partial charge in [-0.2, -0.15) is 0 Å². The summed E-state index contributed by atoms with van der Waals surface area (Å²) in [6, 6.07) is 11.1. The molecule has 0 amide bonds. The van der Waals surface area contributed by atoms with Crippen LogP contribution in [0.15, 0.2) is 41.4 Å². The maximum atomic E-state index is 9.94. The summed E-state index contributed by atoms with van der Waals surface area (Å²) < 4.78 is 0. The summed E-state index contributed by atoms with van der Waals surface area (Å²) in [4.78, 5) is 4.49. The van der Waals surface area contributed by atoms with Crippen LogP contribution in [0.5, 0.6) is 5.75 Å². The van der Waals surface area contributed by atoms with E-state index in [9.17, 15) is 5.11 Å². The van der Waals surface area contributed by atoms with Crippen LogP contribution in [-0.2, 0) is 0 Å². The number of benzene rings is 2. The number of para-hydroxylation sites is 1. The van der Waals surface area contributed by atoms with Crippen molar-refractivity contribution < 1.29 is 5.11 Å². The number of hydrogen-bond acceptors (Lipinski definition) is 2. The molecular formula is C17H17Cl2NO. The number of halogens is 2. The van der Waals surface area contributed by atoms with Gasteiger partial charge in [-0.3, -0.25) is 4.99 Å². The first-order chi connectivity index (χ1) is 10.0. The summed E-state index contributed by atoms with van der Waals surface area (Å²) in [5.41, 5.74) is 2.58. The molecule has 0 aliphatic rings. The molecule has 110 valence electrons. The molecule has 0 radical (unpaired) electrons. The van der Waals surface area contributed by atoms with Crippen LogP contribution in [0.25, 0.3) is 0 Å². The normalized spacial score (nSPS) is 12.8. The zero-order valence-electron chi connectivity index (χ0n) is 12.0. The van der Waals surface area contributed by atoms with Gasteiger partial charge in [0.05, 0.1) is 10.7 Å². The van der Waals surface area contributed by atoms with E-state index in [0.717, 1.165) is 12.1 Å². The van der Waals surface area contributed by atoms with Gasteiger partial charge in [0.15, 0.2) is 0 Å². The number of aliphatic imine (C=N–C) groups is 1. The van der Waals surface area contributed by atoms with Crippen LogP contribution in [-0.4, -0.2) is 11.3 Å². The molecule has 0 aromatic heterocycles. The standard InChI is InChI=1S/C17H17Cl2NO/c1-3-11(2)14-6-4-5-7-16(14)20-10-12-8-13(18)9-15(19)17(12)21/h4-11,21H,3H2,1-2H3/t11-/m1/s1. The van der Waals surface area contributed by atoms with Crippen molar-refractivity contribution in [2.24, 2.45) is 4.99 Å². The summed E-state index contributed by atoms with van der Waals surface area (Å²) >= 11 is 11.9. The average Bonchev–Trinajstić information content (AvgIpc) is 2.49. The molecule has 2 rings (SSSR count). The first kappa shape index (κ1) is 15.9. The lowest BCUT2D eigenvalue weighted by atomic mass is 9.97. The summed E-state index contributed by atoms with van der Waals surface area (Å²) in [5.74, 6) is 0.417. The molecule has 1 N–H and O–H groups in total. The van der Waals surface area contributed by atoms with E-state index in [1.807, 2.05) is 18.2 Å². The Hall–Kier alpha value is -1.51. The Balaban J connectivity index is 2.39. The highest BCUT2D eigenvalue weighted by Crippen LogP contribution is 2.32. The van der Waals surface area contributed by atoms with Crippen LogP contribution in [0.1, 0.15) is 37.3 Å². The van der Waals surface area contributed by atoms with Gasteiger partial charge in [0.2, 0.25) is 0 Å². The monoisotopic (exact) mass is 321 g/mol. The third kappa shape index (κ3) is 3.78. The smallest absolute Gasteiger partial charge is 0.143 e. The summed E-state index contributed by atoms with van der Waals surface area (Å²) in [6.07, 6.45) is 2.63. The lowest BCUT2D eigenvalue weighted by molar-refractivity contribution is 0.475. The Morgan fingerprint density at radius 3 is 2.67 bits per heavy atom. The van der Waals surface area contributed by atoms with E-state index in [4.69, 9.17) is 23.2 Å². The van der Waals surface area contributed by atoms with Gasteiger partial charge in [0.25, 0.3) is 0 Å². The fraction of sp³-hybridized carbons (Fsp3) is 0.235. The van der Waals surface area contributed by atoms with Crippen molar-refractivity contribution in [2.45, 2.75) is 26.2 Å². The molecule has 0 saturated heterocycles. The summed E-state index contributed by atoms with van der Waals surface area (Å²) in [5, 5.41) is 10.6. The minimum Gasteiger partial charge on any atom is -0.506 e. The number of rotatable bonds is 4. The van der Waals surface area contributed by atoms with Crippen molar-refractivity contribution >= 4 is 35.1 Å². The second-order valence-corrected chi connectivity index (χ2v) is 5.80. The molecule has 2 aromatic rings. The molecule has 2 nitrogen and oxygen atoms in total. The van der Waals surface area contributed by atoms with E-state index in [-0.39, 0.29) is 10.8 Å². The fourth-order valence-corrected chi connectivity index (χ4v) is 2.57. The van der Waals surface area contributed by atoms with Crippen LogP contribution in [0.3, 0.4) is 0 Å². The zero-order valence-corrected chi connectivity index (χ0v) is 13.5. The van der Waals surface area contributed by atoms with Crippen molar-refractivity contribution in [3.8, 4) is 5.75 Å². The van der Waals surface area contributed by atoms with Crippen LogP contribution >= 0.6 is 23.2 Å². The molecule has 0 fully saturated rings. The van der Waals surface area contributed by atoms with E-state index in [1.165, 1.54) is 11.6 Å². The molecule has 4 heteroatoms. The topological polar surface area (TPSA) is 32.6 Å². The quantitative estimate of drug-likeness (QED) is 0.692.